The van der Waals surface area contributed by atoms with Crippen molar-refractivity contribution in [1.29, 1.82) is 0 Å². The van der Waals surface area contributed by atoms with Gasteiger partial charge >= 0.3 is 0 Å². The predicted molar refractivity (Wildman–Crippen MR) is 50.8 cm³/mol. The summed E-state index contributed by atoms with van der Waals surface area (Å²) in [6.07, 6.45) is 4.63. The van der Waals surface area contributed by atoms with Crippen LogP contribution < -0.4 is 0 Å². The zero-order valence-corrected chi connectivity index (χ0v) is 8.79. The lowest BCUT2D eigenvalue weighted by atomic mass is 9.98. The van der Waals surface area contributed by atoms with Crippen LogP contribution >= 0.6 is 23.2 Å². The maximum atomic E-state index is 6.19. The summed E-state index contributed by atoms with van der Waals surface area (Å²) in [6.45, 7) is 2.72. The fraction of sp³-hybridized carbons (Fsp3) is 1.00. The van der Waals surface area contributed by atoms with E-state index in [1.54, 1.807) is 0 Å². The molecule has 0 N–H and O–H groups in total. The Hall–Kier alpha value is 0.540. The molecule has 70 valence electrons. The normalized spacial score (nSPS) is 43.8. The molecule has 0 radical (unpaired) electrons. The van der Waals surface area contributed by atoms with Gasteiger partial charge < -0.3 is 4.74 Å². The van der Waals surface area contributed by atoms with Crippen LogP contribution in [0, 0.1) is 5.92 Å². The third-order valence-corrected chi connectivity index (χ3v) is 4.34. The van der Waals surface area contributed by atoms with Crippen LogP contribution in [-0.4, -0.2) is 16.5 Å². The van der Waals surface area contributed by atoms with Crippen LogP contribution in [0.4, 0.5) is 0 Å². The Balaban J connectivity index is 2.13. The van der Waals surface area contributed by atoms with Crippen LogP contribution in [0.3, 0.4) is 0 Å². The quantitative estimate of drug-likeness (QED) is 0.635. The molecule has 0 aliphatic heterocycles. The Morgan fingerprint density at radius 1 is 1.42 bits per heavy atom. The first-order chi connectivity index (χ1) is 5.65. The molecule has 0 saturated heterocycles. The Bertz CT molecular complexity index is 189. The smallest absolute Gasteiger partial charge is 0.153 e. The number of hydrogen-bond donors (Lipinski definition) is 0. The van der Waals surface area contributed by atoms with Crippen LogP contribution in [0.15, 0.2) is 0 Å². The van der Waals surface area contributed by atoms with E-state index in [1.807, 2.05) is 6.92 Å². The molecule has 12 heavy (non-hydrogen) atoms. The molecular weight excluding hydrogens is 195 g/mol. The molecule has 2 fully saturated rings. The summed E-state index contributed by atoms with van der Waals surface area (Å²) in [5.41, 5.74) is -0.177. The number of rotatable bonds is 2. The molecule has 0 bridgehead atoms. The molecule has 3 heteroatoms. The Labute approximate surface area is 83.4 Å². The second-order valence-electron chi connectivity index (χ2n) is 3.74. The van der Waals surface area contributed by atoms with Gasteiger partial charge in [-0.05, 0) is 19.8 Å². The maximum absolute atomic E-state index is 6.19. The minimum atomic E-state index is -0.584. The van der Waals surface area contributed by atoms with Gasteiger partial charge in [-0.25, -0.2) is 0 Å². The predicted octanol–water partition coefficient (Wildman–Crippen LogP) is 3.14. The van der Waals surface area contributed by atoms with Gasteiger partial charge in [0.25, 0.3) is 0 Å². The zero-order chi connectivity index (χ0) is 8.82. The van der Waals surface area contributed by atoms with E-state index in [2.05, 4.69) is 0 Å². The molecule has 2 saturated carbocycles. The number of alkyl halides is 2. The van der Waals surface area contributed by atoms with Gasteiger partial charge in [-0.15, -0.1) is 0 Å². The van der Waals surface area contributed by atoms with E-state index in [0.717, 1.165) is 19.4 Å². The Morgan fingerprint density at radius 2 is 2.17 bits per heavy atom. The van der Waals surface area contributed by atoms with Gasteiger partial charge in [0.05, 0.1) is 0 Å². The van der Waals surface area contributed by atoms with Gasteiger partial charge in [0, 0.05) is 12.5 Å². The lowest BCUT2D eigenvalue weighted by Crippen LogP contribution is -2.24. The van der Waals surface area contributed by atoms with Crippen molar-refractivity contribution in [3.63, 3.8) is 0 Å². The molecule has 0 heterocycles. The van der Waals surface area contributed by atoms with Crippen molar-refractivity contribution in [3.8, 4) is 0 Å². The molecule has 2 aliphatic rings. The van der Waals surface area contributed by atoms with Gasteiger partial charge in [0.2, 0.25) is 0 Å². The first kappa shape index (κ1) is 9.11. The van der Waals surface area contributed by atoms with Gasteiger partial charge in [0.1, 0.15) is 5.60 Å². The highest BCUT2D eigenvalue weighted by Gasteiger charge is 2.77. The first-order valence-electron chi connectivity index (χ1n) is 4.67. The van der Waals surface area contributed by atoms with Crippen molar-refractivity contribution in [1.82, 2.24) is 0 Å². The molecule has 1 nitrogen and oxygen atoms in total. The highest BCUT2D eigenvalue weighted by molar-refractivity contribution is 6.52. The van der Waals surface area contributed by atoms with Crippen molar-refractivity contribution in [3.05, 3.63) is 0 Å². The van der Waals surface area contributed by atoms with E-state index in [9.17, 15) is 0 Å². The highest BCUT2D eigenvalue weighted by Crippen LogP contribution is 2.70. The molecule has 0 aromatic rings. The second-order valence-corrected chi connectivity index (χ2v) is 5.13. The summed E-state index contributed by atoms with van der Waals surface area (Å²) in [5, 5.41) is 0. The van der Waals surface area contributed by atoms with Crippen molar-refractivity contribution >= 4 is 23.2 Å². The summed E-state index contributed by atoms with van der Waals surface area (Å²) in [6, 6.07) is 0. The molecule has 2 aliphatic carbocycles. The largest absolute Gasteiger partial charge is 0.372 e. The standard InChI is InChI=1S/C9H14Cl2O/c1-2-12-8-6-4-3-5-7(8)9(8,10)11/h7H,2-6H2,1H3. The fourth-order valence-electron chi connectivity index (χ4n) is 2.52. The van der Waals surface area contributed by atoms with Gasteiger partial charge in [-0.3, -0.25) is 0 Å². The average Bonchev–Trinajstić information content (AvgIpc) is 2.51. The average molecular weight is 209 g/mol. The van der Waals surface area contributed by atoms with Gasteiger partial charge in [-0.1, -0.05) is 36.0 Å². The minimum Gasteiger partial charge on any atom is -0.372 e. The molecule has 0 aromatic carbocycles. The van der Waals surface area contributed by atoms with E-state index in [0.29, 0.717) is 5.92 Å². The van der Waals surface area contributed by atoms with E-state index in [-0.39, 0.29) is 5.60 Å². The number of halogens is 2. The Kier molecular flexibility index (Phi) is 2.10. The van der Waals surface area contributed by atoms with E-state index in [4.69, 9.17) is 27.9 Å². The monoisotopic (exact) mass is 208 g/mol. The topological polar surface area (TPSA) is 9.23 Å². The summed E-state index contributed by atoms with van der Waals surface area (Å²) in [7, 11) is 0. The second kappa shape index (κ2) is 2.76. The molecule has 0 aromatic heterocycles. The molecule has 0 spiro atoms. The fourth-order valence-corrected chi connectivity index (χ4v) is 3.55. The van der Waals surface area contributed by atoms with Crippen LogP contribution in [0.2, 0.25) is 0 Å². The molecule has 2 unspecified atom stereocenters. The van der Waals surface area contributed by atoms with Crippen LogP contribution in [-0.2, 0) is 4.74 Å². The summed E-state index contributed by atoms with van der Waals surface area (Å²) < 4.78 is 5.11. The summed E-state index contributed by atoms with van der Waals surface area (Å²) in [5.74, 6) is 0.391. The van der Waals surface area contributed by atoms with Crippen molar-refractivity contribution in [2.24, 2.45) is 5.92 Å². The SMILES string of the molecule is CCOC12CCCCC1C2(Cl)Cl. The van der Waals surface area contributed by atoms with E-state index in [1.165, 1.54) is 12.8 Å². The van der Waals surface area contributed by atoms with E-state index < -0.39 is 4.33 Å². The number of ether oxygens (including phenoxy) is 1. The van der Waals surface area contributed by atoms with Crippen LogP contribution in [0.25, 0.3) is 0 Å². The third kappa shape index (κ3) is 0.964. The lowest BCUT2D eigenvalue weighted by molar-refractivity contribution is 0.00983. The zero-order valence-electron chi connectivity index (χ0n) is 7.28. The maximum Gasteiger partial charge on any atom is 0.153 e. The molecule has 2 rings (SSSR count). The first-order valence-corrected chi connectivity index (χ1v) is 5.42. The van der Waals surface area contributed by atoms with Gasteiger partial charge in [0.15, 0.2) is 4.33 Å². The van der Waals surface area contributed by atoms with Crippen LogP contribution in [0.5, 0.6) is 0 Å². The van der Waals surface area contributed by atoms with Crippen LogP contribution in [0.1, 0.15) is 32.6 Å². The third-order valence-electron chi connectivity index (χ3n) is 3.17. The summed E-state index contributed by atoms with van der Waals surface area (Å²) >= 11 is 12.4. The highest BCUT2D eigenvalue weighted by atomic mass is 35.5. The summed E-state index contributed by atoms with van der Waals surface area (Å²) in [4.78, 5) is 0. The minimum absolute atomic E-state index is 0.177. The van der Waals surface area contributed by atoms with Crippen molar-refractivity contribution < 1.29 is 4.74 Å². The lowest BCUT2D eigenvalue weighted by Gasteiger charge is -2.21. The number of hydrogen-bond acceptors (Lipinski definition) is 1. The van der Waals surface area contributed by atoms with Crippen molar-refractivity contribution in [2.45, 2.75) is 42.5 Å². The molecular formula is C9H14Cl2O. The molecule has 2 atom stereocenters. The number of fused-ring (bicyclic) bond motifs is 1. The van der Waals surface area contributed by atoms with Crippen molar-refractivity contribution in [2.75, 3.05) is 6.61 Å². The van der Waals surface area contributed by atoms with Gasteiger partial charge in [-0.2, -0.15) is 0 Å². The Morgan fingerprint density at radius 3 is 2.75 bits per heavy atom. The molecule has 0 amide bonds. The van der Waals surface area contributed by atoms with E-state index >= 15 is 0 Å².